The second-order valence-electron chi connectivity index (χ2n) is 6.78. The highest BCUT2D eigenvalue weighted by Gasteiger charge is 2.30. The molecule has 0 saturated carbocycles. The lowest BCUT2D eigenvalue weighted by molar-refractivity contribution is 0.177. The van der Waals surface area contributed by atoms with Crippen molar-refractivity contribution in [3.05, 3.63) is 47.2 Å². The van der Waals surface area contributed by atoms with Crippen LogP contribution in [-0.4, -0.2) is 46.9 Å². The van der Waals surface area contributed by atoms with E-state index in [4.69, 9.17) is 0 Å². The van der Waals surface area contributed by atoms with Crippen molar-refractivity contribution in [2.75, 3.05) is 26.8 Å². The van der Waals surface area contributed by atoms with E-state index in [1.54, 1.807) is 0 Å². The van der Waals surface area contributed by atoms with Crippen LogP contribution in [0.4, 0.5) is 0 Å². The van der Waals surface area contributed by atoms with Gasteiger partial charge in [0.25, 0.3) is 0 Å². The molecule has 0 saturated heterocycles. The van der Waals surface area contributed by atoms with Crippen LogP contribution in [-0.2, 0) is 6.42 Å². The van der Waals surface area contributed by atoms with E-state index in [9.17, 15) is 10.2 Å². The number of nitrogens with one attached hydrogen (secondary N) is 1. The van der Waals surface area contributed by atoms with Crippen molar-refractivity contribution in [1.82, 2.24) is 9.88 Å². The third-order valence-electron chi connectivity index (χ3n) is 5.49. The van der Waals surface area contributed by atoms with E-state index >= 15 is 0 Å². The number of hydrogen-bond acceptors (Lipinski definition) is 3. The lowest BCUT2D eigenvalue weighted by Gasteiger charge is -2.35. The minimum atomic E-state index is 0.0666. The molecule has 4 nitrogen and oxygen atoms in total. The first kappa shape index (κ1) is 17.2. The maximum absolute atomic E-state index is 9.66. The smallest absolute Gasteiger partial charge is 0.0644 e. The maximum atomic E-state index is 9.66. The maximum Gasteiger partial charge on any atom is 0.0644 e. The molecular formula is C20H28N2O2. The summed E-state index contributed by atoms with van der Waals surface area (Å²) in [6, 6.07) is 8.80. The fraction of sp³-hybridized carbons (Fsp3) is 0.500. The molecule has 1 aromatic carbocycles. The second kappa shape index (κ2) is 7.51. The van der Waals surface area contributed by atoms with Crippen LogP contribution in [0.25, 0.3) is 10.9 Å². The molecule has 2 aromatic rings. The number of aliphatic hydroxyl groups excluding tert-OH is 2. The molecule has 0 radical (unpaired) electrons. The Balaban J connectivity index is 1.95. The van der Waals surface area contributed by atoms with Gasteiger partial charge in [-0.05, 0) is 56.4 Å². The summed E-state index contributed by atoms with van der Waals surface area (Å²) in [5.74, 6) is 0.204. The molecule has 1 aliphatic heterocycles. The fourth-order valence-electron chi connectivity index (χ4n) is 4.07. The first-order valence-corrected chi connectivity index (χ1v) is 8.86. The van der Waals surface area contributed by atoms with Gasteiger partial charge in [-0.15, -0.1) is 0 Å². The molecule has 2 heterocycles. The van der Waals surface area contributed by atoms with Crippen LogP contribution >= 0.6 is 0 Å². The number of allylic oxidation sites excluding steroid dienone is 1. The third kappa shape index (κ3) is 3.14. The highest BCUT2D eigenvalue weighted by atomic mass is 16.3. The quantitative estimate of drug-likeness (QED) is 0.714. The summed E-state index contributed by atoms with van der Waals surface area (Å²) < 4.78 is 0. The van der Waals surface area contributed by atoms with Gasteiger partial charge >= 0.3 is 0 Å². The van der Waals surface area contributed by atoms with Crippen molar-refractivity contribution in [2.24, 2.45) is 5.92 Å². The minimum absolute atomic E-state index is 0.0666. The normalized spacial score (nSPS) is 20.3. The predicted octanol–water partition coefficient (Wildman–Crippen LogP) is 3.02. The summed E-state index contributed by atoms with van der Waals surface area (Å²) in [4.78, 5) is 6.03. The number of nitrogens with zero attached hydrogens (tertiary/aromatic N) is 1. The zero-order chi connectivity index (χ0) is 17.1. The SMILES string of the molecule is C/C=C(/CO)[C@H](CCO)C[C@@H]1c2[nH]c3ccccc3c2CCN1C. The topological polar surface area (TPSA) is 59.5 Å². The molecule has 1 aromatic heterocycles. The molecular weight excluding hydrogens is 300 g/mol. The lowest BCUT2D eigenvalue weighted by atomic mass is 9.85. The molecule has 0 amide bonds. The Kier molecular flexibility index (Phi) is 5.39. The van der Waals surface area contributed by atoms with E-state index < -0.39 is 0 Å². The molecule has 0 spiro atoms. The number of para-hydroxylation sites is 1. The number of likely N-dealkylation sites (N-methyl/N-ethyl adjacent to an activating group) is 1. The number of aliphatic hydroxyl groups is 2. The lowest BCUT2D eigenvalue weighted by Crippen LogP contribution is -2.34. The van der Waals surface area contributed by atoms with Gasteiger partial charge in [0, 0.05) is 29.7 Å². The van der Waals surface area contributed by atoms with Crippen LogP contribution in [0.2, 0.25) is 0 Å². The van der Waals surface area contributed by atoms with Gasteiger partial charge in [0.2, 0.25) is 0 Å². The van der Waals surface area contributed by atoms with Gasteiger partial charge in [0.1, 0.15) is 0 Å². The zero-order valence-electron chi connectivity index (χ0n) is 14.6. The first-order chi connectivity index (χ1) is 11.7. The summed E-state index contributed by atoms with van der Waals surface area (Å²) in [7, 11) is 2.17. The number of aromatic nitrogens is 1. The van der Waals surface area contributed by atoms with Gasteiger partial charge in [-0.2, -0.15) is 0 Å². The van der Waals surface area contributed by atoms with Gasteiger partial charge in [-0.1, -0.05) is 24.3 Å². The highest BCUT2D eigenvalue weighted by Crippen LogP contribution is 2.38. The van der Waals surface area contributed by atoms with Gasteiger partial charge in [-0.25, -0.2) is 0 Å². The molecule has 0 unspecified atom stereocenters. The molecule has 2 atom stereocenters. The predicted molar refractivity (Wildman–Crippen MR) is 98.0 cm³/mol. The molecule has 0 fully saturated rings. The molecule has 0 aliphatic carbocycles. The molecule has 3 N–H and O–H groups in total. The van der Waals surface area contributed by atoms with Crippen LogP contribution < -0.4 is 0 Å². The van der Waals surface area contributed by atoms with Gasteiger partial charge in [0.05, 0.1) is 12.6 Å². The summed E-state index contributed by atoms with van der Waals surface area (Å²) in [6.07, 6.45) is 4.67. The second-order valence-corrected chi connectivity index (χ2v) is 6.78. The van der Waals surface area contributed by atoms with E-state index in [1.165, 1.54) is 22.2 Å². The average Bonchev–Trinajstić information content (AvgIpc) is 2.97. The Hall–Kier alpha value is -1.62. The number of hydrogen-bond donors (Lipinski definition) is 3. The van der Waals surface area contributed by atoms with Crippen LogP contribution in [0.15, 0.2) is 35.9 Å². The highest BCUT2D eigenvalue weighted by molar-refractivity contribution is 5.85. The molecule has 3 rings (SSSR count). The van der Waals surface area contributed by atoms with Crippen LogP contribution in [0, 0.1) is 5.92 Å². The Morgan fingerprint density at radius 3 is 2.88 bits per heavy atom. The van der Waals surface area contributed by atoms with Gasteiger partial charge in [-0.3, -0.25) is 4.90 Å². The number of benzene rings is 1. The minimum Gasteiger partial charge on any atom is -0.396 e. The number of fused-ring (bicyclic) bond motifs is 3. The number of rotatable bonds is 6. The Bertz CT molecular complexity index is 719. The first-order valence-electron chi connectivity index (χ1n) is 8.86. The van der Waals surface area contributed by atoms with Crippen LogP contribution in [0.3, 0.4) is 0 Å². The Morgan fingerprint density at radius 2 is 2.17 bits per heavy atom. The van der Waals surface area contributed by atoms with Crippen LogP contribution in [0.5, 0.6) is 0 Å². The molecule has 1 aliphatic rings. The van der Waals surface area contributed by atoms with E-state index in [0.717, 1.165) is 25.0 Å². The molecule has 24 heavy (non-hydrogen) atoms. The van der Waals surface area contributed by atoms with Crippen molar-refractivity contribution in [3.63, 3.8) is 0 Å². The average molecular weight is 328 g/mol. The summed E-state index contributed by atoms with van der Waals surface area (Å²) >= 11 is 0. The van der Waals surface area contributed by atoms with Crippen molar-refractivity contribution in [3.8, 4) is 0 Å². The summed E-state index contributed by atoms with van der Waals surface area (Å²) in [5, 5.41) is 20.4. The van der Waals surface area contributed by atoms with Crippen molar-refractivity contribution >= 4 is 10.9 Å². The van der Waals surface area contributed by atoms with Crippen molar-refractivity contribution in [1.29, 1.82) is 0 Å². The van der Waals surface area contributed by atoms with E-state index in [1.807, 2.05) is 13.0 Å². The monoisotopic (exact) mass is 328 g/mol. The third-order valence-corrected chi connectivity index (χ3v) is 5.49. The molecule has 0 bridgehead atoms. The van der Waals surface area contributed by atoms with Crippen LogP contribution in [0.1, 0.15) is 37.1 Å². The summed E-state index contributed by atoms with van der Waals surface area (Å²) in [5.41, 5.74) is 4.97. The van der Waals surface area contributed by atoms with E-state index in [2.05, 4.69) is 41.2 Å². The number of aromatic amines is 1. The van der Waals surface area contributed by atoms with E-state index in [0.29, 0.717) is 12.5 Å². The molecule has 4 heteroatoms. The summed E-state index contributed by atoms with van der Waals surface area (Å²) in [6.45, 7) is 3.22. The standard InChI is InChI=1S/C20H28N2O2/c1-3-14(13-24)15(9-11-23)12-19-20-17(8-10-22(19)2)16-6-4-5-7-18(16)21-20/h3-7,15,19,21,23-24H,8-13H2,1-2H3/b14-3-/t15-,19-/m1/s1. The van der Waals surface area contributed by atoms with Gasteiger partial charge < -0.3 is 15.2 Å². The molecule has 130 valence electrons. The fourth-order valence-corrected chi connectivity index (χ4v) is 4.07. The van der Waals surface area contributed by atoms with Crippen molar-refractivity contribution in [2.45, 2.75) is 32.2 Å². The number of H-pyrrole nitrogens is 1. The van der Waals surface area contributed by atoms with Crippen molar-refractivity contribution < 1.29 is 10.2 Å². The Labute approximate surface area is 143 Å². The van der Waals surface area contributed by atoms with E-state index in [-0.39, 0.29) is 19.1 Å². The Morgan fingerprint density at radius 1 is 1.38 bits per heavy atom. The zero-order valence-corrected chi connectivity index (χ0v) is 14.6. The van der Waals surface area contributed by atoms with Gasteiger partial charge in [0.15, 0.2) is 0 Å². The largest absolute Gasteiger partial charge is 0.396 e.